The molecule has 0 saturated carbocycles. The Hall–Kier alpha value is -3.13. The number of nitrogens with zero attached hydrogens (tertiary/aromatic N) is 2. The van der Waals surface area contributed by atoms with Gasteiger partial charge in [0.05, 0.1) is 17.9 Å². The molecule has 0 aliphatic rings. The Morgan fingerprint density at radius 2 is 1.68 bits per heavy atom. The van der Waals surface area contributed by atoms with Gasteiger partial charge in [-0.2, -0.15) is 3.97 Å². The van der Waals surface area contributed by atoms with E-state index in [9.17, 15) is 18.0 Å². The molecule has 0 unspecified atom stereocenters. The molecule has 0 saturated heterocycles. The van der Waals surface area contributed by atoms with Crippen molar-refractivity contribution in [2.24, 2.45) is 0 Å². The topological polar surface area (TPSA) is 87.4 Å². The number of aromatic nitrogens is 2. The van der Waals surface area contributed by atoms with Crippen molar-refractivity contribution in [1.82, 2.24) is 8.54 Å². The Morgan fingerprint density at radius 3 is 2.25 bits per heavy atom. The Kier molecular flexibility index (Phi) is 5.51. The highest BCUT2D eigenvalue weighted by Gasteiger charge is 2.26. The van der Waals surface area contributed by atoms with E-state index in [1.807, 2.05) is 37.3 Å². The van der Waals surface area contributed by atoms with Gasteiger partial charge in [0.15, 0.2) is 0 Å². The van der Waals surface area contributed by atoms with E-state index in [-0.39, 0.29) is 4.90 Å². The quantitative estimate of drug-likeness (QED) is 0.635. The van der Waals surface area contributed by atoms with Crippen molar-refractivity contribution in [3.8, 4) is 5.75 Å². The minimum atomic E-state index is -4.13. The van der Waals surface area contributed by atoms with Gasteiger partial charge in [0.1, 0.15) is 5.75 Å². The summed E-state index contributed by atoms with van der Waals surface area (Å²) in [7, 11) is -2.66. The Bertz CT molecular complexity index is 1130. The van der Waals surface area contributed by atoms with Gasteiger partial charge in [-0.1, -0.05) is 37.3 Å². The van der Waals surface area contributed by atoms with Crippen LogP contribution in [0.4, 0.5) is 0 Å². The maximum absolute atomic E-state index is 12.9. The molecule has 7 nitrogen and oxygen atoms in total. The van der Waals surface area contributed by atoms with Gasteiger partial charge in [-0.25, -0.2) is 17.8 Å². The molecule has 0 aliphatic heterocycles. The van der Waals surface area contributed by atoms with E-state index in [0.29, 0.717) is 16.1 Å². The standard InChI is InChI=1S/C20H20N2O5S/c1-3-18(15-7-5-4-6-8-15)19(23)21-13-14-22(20(21)24)28(25,26)17-11-9-16(27-2)10-12-17/h4-14,18H,3H2,1-2H3/t18-/m1/s1. The highest BCUT2D eigenvalue weighted by molar-refractivity contribution is 7.90. The van der Waals surface area contributed by atoms with Crippen LogP contribution in [-0.2, 0) is 10.0 Å². The van der Waals surface area contributed by atoms with Gasteiger partial charge in [0.2, 0.25) is 5.91 Å². The van der Waals surface area contributed by atoms with Crippen molar-refractivity contribution in [2.45, 2.75) is 24.2 Å². The zero-order valence-electron chi connectivity index (χ0n) is 15.5. The fourth-order valence-electron chi connectivity index (χ4n) is 2.98. The van der Waals surface area contributed by atoms with Crippen LogP contribution in [0.3, 0.4) is 0 Å². The lowest BCUT2D eigenvalue weighted by Crippen LogP contribution is -2.34. The average Bonchev–Trinajstić information content (AvgIpc) is 3.11. The summed E-state index contributed by atoms with van der Waals surface area (Å²) in [6.07, 6.45) is 2.76. The van der Waals surface area contributed by atoms with Crippen LogP contribution in [0.25, 0.3) is 0 Å². The first-order valence-corrected chi connectivity index (χ1v) is 10.1. The Morgan fingerprint density at radius 1 is 1.04 bits per heavy atom. The maximum Gasteiger partial charge on any atom is 0.349 e. The first-order valence-electron chi connectivity index (χ1n) is 8.69. The number of methoxy groups -OCH3 is 1. The van der Waals surface area contributed by atoms with Crippen molar-refractivity contribution < 1.29 is 17.9 Å². The molecule has 0 fully saturated rings. The summed E-state index contributed by atoms with van der Waals surface area (Å²) in [5.41, 5.74) is -0.150. The third kappa shape index (κ3) is 3.50. The second-order valence-corrected chi connectivity index (χ2v) is 7.95. The largest absolute Gasteiger partial charge is 0.497 e. The summed E-state index contributed by atoms with van der Waals surface area (Å²) in [6.45, 7) is 1.84. The molecule has 0 amide bonds. The molecule has 3 aromatic rings. The minimum Gasteiger partial charge on any atom is -0.497 e. The zero-order chi connectivity index (χ0) is 20.3. The van der Waals surface area contributed by atoms with Crippen molar-refractivity contribution in [3.05, 3.63) is 83.0 Å². The molecular weight excluding hydrogens is 380 g/mol. The van der Waals surface area contributed by atoms with Gasteiger partial charge in [0.25, 0.3) is 10.0 Å². The molecule has 146 valence electrons. The third-order valence-electron chi connectivity index (χ3n) is 4.51. The van der Waals surface area contributed by atoms with Crippen LogP contribution in [-0.4, -0.2) is 30.0 Å². The van der Waals surface area contributed by atoms with E-state index in [1.54, 1.807) is 0 Å². The van der Waals surface area contributed by atoms with E-state index in [4.69, 9.17) is 4.74 Å². The third-order valence-corrected chi connectivity index (χ3v) is 6.17. The zero-order valence-corrected chi connectivity index (χ0v) is 16.3. The van der Waals surface area contributed by atoms with Crippen LogP contribution in [0.5, 0.6) is 5.75 Å². The number of benzene rings is 2. The molecule has 8 heteroatoms. The molecule has 0 bridgehead atoms. The summed E-state index contributed by atoms with van der Waals surface area (Å²) in [6, 6.07) is 14.7. The Balaban J connectivity index is 1.99. The van der Waals surface area contributed by atoms with E-state index in [1.165, 1.54) is 37.6 Å². The second-order valence-electron chi connectivity index (χ2n) is 6.14. The smallest absolute Gasteiger partial charge is 0.349 e. The normalized spacial score (nSPS) is 12.5. The lowest BCUT2D eigenvalue weighted by molar-refractivity contribution is 0.0870. The first kappa shape index (κ1) is 19.6. The molecule has 1 aromatic heterocycles. The van der Waals surface area contributed by atoms with Crippen LogP contribution < -0.4 is 10.4 Å². The van der Waals surface area contributed by atoms with Crippen LogP contribution >= 0.6 is 0 Å². The van der Waals surface area contributed by atoms with E-state index in [2.05, 4.69) is 0 Å². The van der Waals surface area contributed by atoms with E-state index >= 15 is 0 Å². The van der Waals surface area contributed by atoms with Gasteiger partial charge in [0, 0.05) is 12.4 Å². The first-order chi connectivity index (χ1) is 13.4. The molecule has 3 rings (SSSR count). The van der Waals surface area contributed by atoms with Gasteiger partial charge in [-0.05, 0) is 36.2 Å². The fraction of sp³-hybridized carbons (Fsp3) is 0.200. The van der Waals surface area contributed by atoms with Gasteiger partial charge >= 0.3 is 5.69 Å². The van der Waals surface area contributed by atoms with Crippen LogP contribution in [0, 0.1) is 0 Å². The molecule has 2 aromatic carbocycles. The highest BCUT2D eigenvalue weighted by Crippen LogP contribution is 2.21. The molecule has 28 heavy (non-hydrogen) atoms. The minimum absolute atomic E-state index is 0.0734. The summed E-state index contributed by atoms with van der Waals surface area (Å²) < 4.78 is 32.0. The monoisotopic (exact) mass is 400 g/mol. The summed E-state index contributed by atoms with van der Waals surface area (Å²) >= 11 is 0. The van der Waals surface area contributed by atoms with Crippen LogP contribution in [0.15, 0.2) is 76.7 Å². The molecule has 0 N–H and O–H groups in total. The number of imidazole rings is 1. The predicted molar refractivity (Wildman–Crippen MR) is 104 cm³/mol. The average molecular weight is 400 g/mol. The molecule has 0 aliphatic carbocycles. The van der Waals surface area contributed by atoms with Gasteiger partial charge in [-0.15, -0.1) is 0 Å². The Labute approximate surface area is 162 Å². The molecule has 1 heterocycles. The lowest BCUT2D eigenvalue weighted by atomic mass is 9.96. The number of carbonyl (C=O) groups excluding carboxylic acids is 1. The fourth-order valence-corrected chi connectivity index (χ4v) is 4.19. The number of hydrogen-bond donors (Lipinski definition) is 0. The predicted octanol–water partition coefficient (Wildman–Crippen LogP) is 2.73. The van der Waals surface area contributed by atoms with Crippen molar-refractivity contribution in [1.29, 1.82) is 0 Å². The summed E-state index contributed by atoms with van der Waals surface area (Å²) in [4.78, 5) is 25.5. The number of ether oxygens (including phenoxy) is 1. The SMILES string of the molecule is CC[C@@H](C(=O)n1ccn(S(=O)(=O)c2ccc(OC)cc2)c1=O)c1ccccc1. The van der Waals surface area contributed by atoms with Crippen LogP contribution in [0.2, 0.25) is 0 Å². The second kappa shape index (κ2) is 7.85. The lowest BCUT2D eigenvalue weighted by Gasteiger charge is -2.13. The number of rotatable bonds is 6. The van der Waals surface area contributed by atoms with E-state index < -0.39 is 27.5 Å². The van der Waals surface area contributed by atoms with Crippen LogP contribution in [0.1, 0.15) is 29.6 Å². The van der Waals surface area contributed by atoms with Crippen molar-refractivity contribution >= 4 is 15.9 Å². The highest BCUT2D eigenvalue weighted by atomic mass is 32.2. The molecular formula is C20H20N2O5S. The van der Waals surface area contributed by atoms with Crippen molar-refractivity contribution in [2.75, 3.05) is 7.11 Å². The number of carbonyl (C=O) groups is 1. The van der Waals surface area contributed by atoms with E-state index in [0.717, 1.165) is 16.3 Å². The summed E-state index contributed by atoms with van der Waals surface area (Å²) in [5.74, 6) is -0.520. The molecule has 0 radical (unpaired) electrons. The van der Waals surface area contributed by atoms with Gasteiger partial charge < -0.3 is 4.74 Å². The van der Waals surface area contributed by atoms with Gasteiger partial charge in [-0.3, -0.25) is 4.79 Å². The summed E-state index contributed by atoms with van der Waals surface area (Å²) in [5, 5.41) is 0. The number of hydrogen-bond acceptors (Lipinski definition) is 5. The van der Waals surface area contributed by atoms with Crippen molar-refractivity contribution in [3.63, 3.8) is 0 Å². The molecule has 0 spiro atoms. The maximum atomic E-state index is 12.9. The molecule has 1 atom stereocenters.